The van der Waals surface area contributed by atoms with Gasteiger partial charge in [-0.05, 0) is 37.5 Å². The molecule has 1 aromatic rings. The summed E-state index contributed by atoms with van der Waals surface area (Å²) in [5, 5.41) is 0. The molecule has 1 heterocycles. The number of amides is 2. The third-order valence-electron chi connectivity index (χ3n) is 4.34. The van der Waals surface area contributed by atoms with Gasteiger partial charge in [0.15, 0.2) is 11.4 Å². The maximum atomic E-state index is 12.3. The first-order valence-electron chi connectivity index (χ1n) is 7.85. The number of nitrogens with zero attached hydrogens (tertiary/aromatic N) is 2. The number of hydrogen-bond acceptors (Lipinski definition) is 3. The summed E-state index contributed by atoms with van der Waals surface area (Å²) in [7, 11) is 0. The number of aryl methyl sites for hydroxylation is 2. The Balaban J connectivity index is 1.89. The van der Waals surface area contributed by atoms with E-state index >= 15 is 0 Å². The van der Waals surface area contributed by atoms with Crippen LogP contribution in [0.25, 0.3) is 0 Å². The smallest absolute Gasteiger partial charge is 0.260 e. The fourth-order valence-electron chi connectivity index (χ4n) is 2.69. The molecule has 7 heteroatoms. The van der Waals surface area contributed by atoms with E-state index in [9.17, 15) is 9.59 Å². The molecule has 1 saturated heterocycles. The van der Waals surface area contributed by atoms with Crippen molar-refractivity contribution in [3.05, 3.63) is 28.8 Å². The average molecular weight is 373 g/mol. The van der Waals surface area contributed by atoms with Crippen molar-refractivity contribution in [1.82, 2.24) is 9.80 Å². The van der Waals surface area contributed by atoms with Gasteiger partial charge in [-0.1, -0.05) is 35.3 Å². The summed E-state index contributed by atoms with van der Waals surface area (Å²) in [4.78, 5) is 26.3. The molecule has 0 radical (unpaired) electrons. The monoisotopic (exact) mass is 372 g/mol. The molecular weight excluding hydrogens is 351 g/mol. The van der Waals surface area contributed by atoms with Gasteiger partial charge in [0.25, 0.3) is 11.8 Å². The molecule has 1 fully saturated rings. The molecule has 0 N–H and O–H groups in total. The van der Waals surface area contributed by atoms with Crippen LogP contribution in [0.1, 0.15) is 16.7 Å². The van der Waals surface area contributed by atoms with Gasteiger partial charge in [-0.15, -0.1) is 0 Å². The summed E-state index contributed by atoms with van der Waals surface area (Å²) in [5.74, 6) is 0.368. The lowest BCUT2D eigenvalue weighted by atomic mass is 10.1. The van der Waals surface area contributed by atoms with Gasteiger partial charge in [0, 0.05) is 26.2 Å². The molecule has 0 aromatic heterocycles. The number of halogens is 2. The van der Waals surface area contributed by atoms with Gasteiger partial charge in [0.2, 0.25) is 0 Å². The number of carbonyl (C=O) groups is 2. The Bertz CT molecular complexity index is 627. The molecule has 0 bridgehead atoms. The minimum absolute atomic E-state index is 0.00723. The number of carbonyl (C=O) groups excluding carboxylic acids is 2. The van der Waals surface area contributed by atoms with Gasteiger partial charge in [0.05, 0.1) is 0 Å². The summed E-state index contributed by atoms with van der Waals surface area (Å²) < 4.78 is 5.76. The molecule has 1 aliphatic rings. The lowest BCUT2D eigenvalue weighted by molar-refractivity contribution is -0.139. The second kappa shape index (κ2) is 8.08. The van der Waals surface area contributed by atoms with Crippen LogP contribution in [0.4, 0.5) is 0 Å². The molecule has 0 saturated carbocycles. The number of hydrogen-bond donors (Lipinski definition) is 0. The average Bonchev–Trinajstić information content (AvgIpc) is 2.57. The van der Waals surface area contributed by atoms with Crippen molar-refractivity contribution in [1.29, 1.82) is 0 Å². The van der Waals surface area contributed by atoms with Crippen LogP contribution < -0.4 is 4.74 Å². The molecule has 2 amide bonds. The first-order chi connectivity index (χ1) is 11.3. The zero-order valence-electron chi connectivity index (χ0n) is 14.1. The first kappa shape index (κ1) is 18.9. The van der Waals surface area contributed by atoms with Crippen molar-refractivity contribution in [3.63, 3.8) is 0 Å². The van der Waals surface area contributed by atoms with E-state index in [1.165, 1.54) is 0 Å². The van der Waals surface area contributed by atoms with Gasteiger partial charge in [-0.25, -0.2) is 0 Å². The first-order valence-corrected chi connectivity index (χ1v) is 8.73. The van der Waals surface area contributed by atoms with Crippen LogP contribution in [0.5, 0.6) is 5.75 Å². The number of benzene rings is 1. The van der Waals surface area contributed by atoms with Crippen molar-refractivity contribution < 1.29 is 14.3 Å². The molecule has 5 nitrogen and oxygen atoms in total. The van der Waals surface area contributed by atoms with E-state index in [2.05, 4.69) is 0 Å². The van der Waals surface area contributed by atoms with Crippen LogP contribution in [0.3, 0.4) is 0 Å². The predicted octanol–water partition coefficient (Wildman–Crippen LogP) is 2.47. The van der Waals surface area contributed by atoms with Crippen molar-refractivity contribution in [3.8, 4) is 5.75 Å². The van der Waals surface area contributed by atoms with E-state index < -0.39 is 4.84 Å². The SMILES string of the molecule is Cc1ccc(C)c(OCC(=O)N2CCN(C(=O)C(Cl)Cl)CC2)c1C. The summed E-state index contributed by atoms with van der Waals surface area (Å²) >= 11 is 11.2. The fourth-order valence-corrected chi connectivity index (χ4v) is 2.96. The fraction of sp³-hybridized carbons (Fsp3) is 0.529. The van der Waals surface area contributed by atoms with E-state index in [1.807, 2.05) is 32.9 Å². The highest BCUT2D eigenvalue weighted by Gasteiger charge is 2.27. The minimum atomic E-state index is -1.05. The molecule has 24 heavy (non-hydrogen) atoms. The second-order valence-electron chi connectivity index (χ2n) is 5.95. The van der Waals surface area contributed by atoms with E-state index in [0.29, 0.717) is 26.2 Å². The summed E-state index contributed by atoms with van der Waals surface area (Å²) in [5.41, 5.74) is 3.19. The topological polar surface area (TPSA) is 49.9 Å². The van der Waals surface area contributed by atoms with Gasteiger partial charge < -0.3 is 14.5 Å². The van der Waals surface area contributed by atoms with Crippen molar-refractivity contribution in [2.75, 3.05) is 32.8 Å². The number of piperazine rings is 1. The third-order valence-corrected chi connectivity index (χ3v) is 4.72. The highest BCUT2D eigenvalue weighted by molar-refractivity contribution is 6.53. The van der Waals surface area contributed by atoms with E-state index in [4.69, 9.17) is 27.9 Å². The second-order valence-corrected chi connectivity index (χ2v) is 7.05. The van der Waals surface area contributed by atoms with Crippen molar-refractivity contribution in [2.45, 2.75) is 25.6 Å². The van der Waals surface area contributed by atoms with Gasteiger partial charge in [0.1, 0.15) is 5.75 Å². The number of ether oxygens (including phenoxy) is 1. The van der Waals surface area contributed by atoms with Gasteiger partial charge in [-0.3, -0.25) is 9.59 Å². The van der Waals surface area contributed by atoms with Crippen LogP contribution in [0.2, 0.25) is 0 Å². The number of rotatable bonds is 4. The van der Waals surface area contributed by atoms with E-state index in [1.54, 1.807) is 9.80 Å². The lowest BCUT2D eigenvalue weighted by Gasteiger charge is -2.35. The van der Waals surface area contributed by atoms with Crippen LogP contribution in [0.15, 0.2) is 12.1 Å². The van der Waals surface area contributed by atoms with Crippen LogP contribution in [-0.4, -0.2) is 59.2 Å². The quantitative estimate of drug-likeness (QED) is 0.762. The van der Waals surface area contributed by atoms with Crippen molar-refractivity contribution >= 4 is 35.0 Å². The largest absolute Gasteiger partial charge is 0.483 e. The zero-order chi connectivity index (χ0) is 17.9. The molecule has 2 rings (SSSR count). The minimum Gasteiger partial charge on any atom is -0.483 e. The van der Waals surface area contributed by atoms with E-state index in [-0.39, 0.29) is 18.4 Å². The molecule has 0 spiro atoms. The maximum absolute atomic E-state index is 12.3. The zero-order valence-corrected chi connectivity index (χ0v) is 15.7. The lowest BCUT2D eigenvalue weighted by Crippen LogP contribution is -2.52. The molecule has 0 aliphatic carbocycles. The molecular formula is C17H22Cl2N2O3. The molecule has 1 aliphatic heterocycles. The summed E-state index contributed by atoms with van der Waals surface area (Å²) in [6.07, 6.45) is 0. The normalized spacial score (nSPS) is 14.9. The van der Waals surface area contributed by atoms with E-state index in [0.717, 1.165) is 22.4 Å². The summed E-state index contributed by atoms with van der Waals surface area (Å²) in [6, 6.07) is 4.03. The molecule has 1 aromatic carbocycles. The molecule has 132 valence electrons. The maximum Gasteiger partial charge on any atom is 0.260 e. The highest BCUT2D eigenvalue weighted by atomic mass is 35.5. The molecule has 0 unspecified atom stereocenters. The van der Waals surface area contributed by atoms with Gasteiger partial charge >= 0.3 is 0 Å². The Labute approximate surface area is 152 Å². The highest BCUT2D eigenvalue weighted by Crippen LogP contribution is 2.25. The Kier molecular flexibility index (Phi) is 6.35. The third kappa shape index (κ3) is 4.33. The Morgan fingerprint density at radius 2 is 1.58 bits per heavy atom. The Morgan fingerprint density at radius 1 is 1.04 bits per heavy atom. The standard InChI is InChI=1S/C17H22Cl2N2O3/c1-11-4-5-12(2)15(13(11)3)24-10-14(22)20-6-8-21(9-7-20)17(23)16(18)19/h4-5,16H,6-10H2,1-3H3. The van der Waals surface area contributed by atoms with Crippen LogP contribution >= 0.6 is 23.2 Å². The Hall–Kier alpha value is -1.46. The Morgan fingerprint density at radius 3 is 2.17 bits per heavy atom. The summed E-state index contributed by atoms with van der Waals surface area (Å²) in [6.45, 7) is 7.74. The predicted molar refractivity (Wildman–Crippen MR) is 94.8 cm³/mol. The van der Waals surface area contributed by atoms with Crippen LogP contribution in [0, 0.1) is 20.8 Å². The van der Waals surface area contributed by atoms with Crippen LogP contribution in [-0.2, 0) is 9.59 Å². The van der Waals surface area contributed by atoms with Crippen molar-refractivity contribution in [2.24, 2.45) is 0 Å². The number of alkyl halides is 2. The van der Waals surface area contributed by atoms with Gasteiger partial charge in [-0.2, -0.15) is 0 Å². The molecule has 0 atom stereocenters.